The lowest BCUT2D eigenvalue weighted by Gasteiger charge is -2.08. The van der Waals surface area contributed by atoms with Gasteiger partial charge < -0.3 is 13.8 Å². The third-order valence-corrected chi connectivity index (χ3v) is 3.94. The van der Waals surface area contributed by atoms with E-state index in [1.807, 2.05) is 17.5 Å². The van der Waals surface area contributed by atoms with Crippen LogP contribution >= 0.6 is 11.3 Å². The van der Waals surface area contributed by atoms with Crippen molar-refractivity contribution in [3.63, 3.8) is 0 Å². The average molecular weight is 345 g/mol. The van der Waals surface area contributed by atoms with Gasteiger partial charge in [0.15, 0.2) is 5.82 Å². The zero-order valence-corrected chi connectivity index (χ0v) is 13.9. The van der Waals surface area contributed by atoms with E-state index in [1.54, 1.807) is 13.8 Å². The van der Waals surface area contributed by atoms with E-state index in [2.05, 4.69) is 10.1 Å². The fourth-order valence-electron chi connectivity index (χ4n) is 2.02. The number of ether oxygens (including phenoxy) is 1. The Morgan fingerprint density at radius 2 is 2.25 bits per heavy atom. The van der Waals surface area contributed by atoms with Crippen molar-refractivity contribution < 1.29 is 14.1 Å². The number of pyridine rings is 1. The van der Waals surface area contributed by atoms with E-state index in [4.69, 9.17) is 9.26 Å². The molecule has 8 heteroatoms. The van der Waals surface area contributed by atoms with E-state index >= 15 is 0 Å². The molecule has 0 aliphatic rings. The topological polar surface area (TPSA) is 87.2 Å². The van der Waals surface area contributed by atoms with E-state index in [0.717, 1.165) is 4.88 Å². The fourth-order valence-corrected chi connectivity index (χ4v) is 2.66. The predicted molar refractivity (Wildman–Crippen MR) is 88.0 cm³/mol. The van der Waals surface area contributed by atoms with Crippen molar-refractivity contribution in [3.05, 3.63) is 57.6 Å². The van der Waals surface area contributed by atoms with Gasteiger partial charge in [-0.2, -0.15) is 4.98 Å². The summed E-state index contributed by atoms with van der Waals surface area (Å²) in [7, 11) is 0. The van der Waals surface area contributed by atoms with Crippen molar-refractivity contribution in [2.45, 2.75) is 26.5 Å². The Balaban J connectivity index is 1.76. The molecule has 0 N–H and O–H groups in total. The summed E-state index contributed by atoms with van der Waals surface area (Å²) < 4.78 is 11.7. The fraction of sp³-hybridized carbons (Fsp3) is 0.250. The Kier molecular flexibility index (Phi) is 4.57. The summed E-state index contributed by atoms with van der Waals surface area (Å²) in [5.74, 6) is 0.289. The van der Waals surface area contributed by atoms with Crippen LogP contribution < -0.4 is 5.56 Å². The number of esters is 1. The molecule has 24 heavy (non-hydrogen) atoms. The van der Waals surface area contributed by atoms with Crippen LogP contribution in [0.5, 0.6) is 0 Å². The average Bonchev–Trinajstić information content (AvgIpc) is 3.19. The van der Waals surface area contributed by atoms with E-state index in [9.17, 15) is 9.59 Å². The van der Waals surface area contributed by atoms with Crippen LogP contribution in [-0.4, -0.2) is 26.8 Å². The summed E-state index contributed by atoms with van der Waals surface area (Å²) in [4.78, 5) is 29.1. The molecule has 0 amide bonds. The monoisotopic (exact) mass is 345 g/mol. The minimum atomic E-state index is -0.520. The highest BCUT2D eigenvalue weighted by Gasteiger charge is 2.13. The largest absolute Gasteiger partial charge is 0.459 e. The summed E-state index contributed by atoms with van der Waals surface area (Å²) in [5, 5.41) is 5.79. The van der Waals surface area contributed by atoms with E-state index in [1.165, 1.54) is 34.2 Å². The third kappa shape index (κ3) is 3.60. The predicted octanol–water partition coefficient (Wildman–Crippen LogP) is 2.57. The van der Waals surface area contributed by atoms with E-state index in [-0.39, 0.29) is 23.8 Å². The zero-order chi connectivity index (χ0) is 17.1. The molecule has 0 saturated heterocycles. The Labute approximate surface area is 141 Å². The summed E-state index contributed by atoms with van der Waals surface area (Å²) in [6, 6.07) is 6.55. The lowest BCUT2D eigenvalue weighted by Crippen LogP contribution is -2.22. The van der Waals surface area contributed by atoms with Gasteiger partial charge in [-0.05, 0) is 31.4 Å². The molecule has 0 spiro atoms. The number of carbonyl (C=O) groups is 1. The Morgan fingerprint density at radius 3 is 2.92 bits per heavy atom. The molecule has 124 valence electrons. The number of thiophene rings is 1. The minimum absolute atomic E-state index is 0.160. The van der Waals surface area contributed by atoms with Gasteiger partial charge in [0.1, 0.15) is 0 Å². The second kappa shape index (κ2) is 6.79. The summed E-state index contributed by atoms with van der Waals surface area (Å²) in [6.45, 7) is 3.66. The normalized spacial score (nSPS) is 11.0. The van der Waals surface area contributed by atoms with E-state index in [0.29, 0.717) is 11.7 Å². The van der Waals surface area contributed by atoms with Gasteiger partial charge in [-0.1, -0.05) is 11.2 Å². The molecule has 0 fully saturated rings. The van der Waals surface area contributed by atoms with Crippen molar-refractivity contribution in [2.24, 2.45) is 0 Å². The summed E-state index contributed by atoms with van der Waals surface area (Å²) >= 11 is 1.49. The number of hydrogen-bond acceptors (Lipinski definition) is 7. The molecule has 7 nitrogen and oxygen atoms in total. The highest BCUT2D eigenvalue weighted by molar-refractivity contribution is 7.13. The minimum Gasteiger partial charge on any atom is -0.459 e. The second-order valence-electron chi connectivity index (χ2n) is 5.33. The molecule has 0 aliphatic heterocycles. The highest BCUT2D eigenvalue weighted by Crippen LogP contribution is 2.22. The van der Waals surface area contributed by atoms with Crippen molar-refractivity contribution in [1.82, 2.24) is 14.7 Å². The van der Waals surface area contributed by atoms with Crippen LogP contribution in [-0.2, 0) is 11.3 Å². The highest BCUT2D eigenvalue weighted by atomic mass is 32.1. The van der Waals surface area contributed by atoms with Crippen LogP contribution in [0.3, 0.4) is 0 Å². The number of nitrogens with zero attached hydrogens (tertiary/aromatic N) is 3. The van der Waals surface area contributed by atoms with Crippen LogP contribution in [0.25, 0.3) is 10.8 Å². The number of aromatic nitrogens is 3. The standard InChI is InChI=1S/C16H15N3O4S/c1-10(2)22-16(21)11-5-6-19(14(20)8-11)9-13-17-15(23-18-13)12-4-3-7-24-12/h3-8,10H,9H2,1-2H3. The molecule has 3 rings (SSSR count). The maximum atomic E-state index is 12.1. The Bertz CT molecular complexity index is 896. The first-order valence-electron chi connectivity index (χ1n) is 7.31. The van der Waals surface area contributed by atoms with Crippen molar-refractivity contribution >= 4 is 17.3 Å². The van der Waals surface area contributed by atoms with Gasteiger partial charge in [-0.25, -0.2) is 4.79 Å². The molecule has 0 radical (unpaired) electrons. The van der Waals surface area contributed by atoms with Crippen LogP contribution in [0, 0.1) is 0 Å². The SMILES string of the molecule is CC(C)OC(=O)c1ccn(Cc2noc(-c3cccs3)n2)c(=O)c1. The third-order valence-electron chi connectivity index (χ3n) is 3.09. The first-order valence-corrected chi connectivity index (χ1v) is 8.19. The smallest absolute Gasteiger partial charge is 0.338 e. The molecule has 3 aromatic heterocycles. The van der Waals surface area contributed by atoms with Gasteiger partial charge in [0, 0.05) is 12.3 Å². The maximum absolute atomic E-state index is 12.1. The molecular formula is C16H15N3O4S. The van der Waals surface area contributed by atoms with Crippen LogP contribution in [0.2, 0.25) is 0 Å². The van der Waals surface area contributed by atoms with Gasteiger partial charge in [0.2, 0.25) is 0 Å². The van der Waals surface area contributed by atoms with Crippen LogP contribution in [0.1, 0.15) is 30.0 Å². The molecule has 0 saturated carbocycles. The molecule has 0 atom stereocenters. The van der Waals surface area contributed by atoms with Gasteiger partial charge >= 0.3 is 5.97 Å². The molecule has 3 heterocycles. The second-order valence-corrected chi connectivity index (χ2v) is 6.28. The maximum Gasteiger partial charge on any atom is 0.338 e. The van der Waals surface area contributed by atoms with Gasteiger partial charge in [-0.3, -0.25) is 4.79 Å². The lowest BCUT2D eigenvalue weighted by molar-refractivity contribution is 0.0377. The Hall–Kier alpha value is -2.74. The quantitative estimate of drug-likeness (QED) is 0.661. The molecule has 3 aromatic rings. The van der Waals surface area contributed by atoms with E-state index < -0.39 is 5.97 Å². The first-order chi connectivity index (χ1) is 11.5. The van der Waals surface area contributed by atoms with Crippen molar-refractivity contribution in [3.8, 4) is 10.8 Å². The summed E-state index contributed by atoms with van der Waals surface area (Å²) in [5.41, 5.74) is -0.118. The van der Waals surface area contributed by atoms with Crippen molar-refractivity contribution in [1.29, 1.82) is 0 Å². The lowest BCUT2D eigenvalue weighted by atomic mass is 10.2. The molecule has 0 bridgehead atoms. The van der Waals surface area contributed by atoms with Gasteiger partial charge in [0.25, 0.3) is 11.4 Å². The molecule has 0 aliphatic carbocycles. The van der Waals surface area contributed by atoms with Gasteiger partial charge in [-0.15, -0.1) is 11.3 Å². The van der Waals surface area contributed by atoms with Crippen molar-refractivity contribution in [2.75, 3.05) is 0 Å². The summed E-state index contributed by atoms with van der Waals surface area (Å²) in [6.07, 6.45) is 1.27. The first kappa shape index (κ1) is 16.1. The molecule has 0 unspecified atom stereocenters. The number of hydrogen-bond donors (Lipinski definition) is 0. The number of rotatable bonds is 5. The zero-order valence-electron chi connectivity index (χ0n) is 13.1. The number of carbonyl (C=O) groups excluding carboxylic acids is 1. The van der Waals surface area contributed by atoms with Gasteiger partial charge in [0.05, 0.1) is 23.1 Å². The molecular weight excluding hydrogens is 330 g/mol. The Morgan fingerprint density at radius 1 is 1.42 bits per heavy atom. The molecule has 0 aromatic carbocycles. The van der Waals surface area contributed by atoms with Crippen LogP contribution in [0.15, 0.2) is 45.2 Å². The van der Waals surface area contributed by atoms with Crippen LogP contribution in [0.4, 0.5) is 0 Å².